The minimum Gasteiger partial charge on any atom is -0.364 e. The number of fused-ring (bicyclic) bond motifs is 1. The summed E-state index contributed by atoms with van der Waals surface area (Å²) in [5.41, 5.74) is 14.5. The molecule has 1 amide bonds. The van der Waals surface area contributed by atoms with Gasteiger partial charge in [-0.1, -0.05) is 19.1 Å². The van der Waals surface area contributed by atoms with Crippen LogP contribution >= 0.6 is 0 Å². The van der Waals surface area contributed by atoms with Crippen molar-refractivity contribution in [3.8, 4) is 12.0 Å². The number of anilines is 1. The Morgan fingerprint density at radius 3 is 2.96 bits per heavy atom. The van der Waals surface area contributed by atoms with Crippen molar-refractivity contribution in [2.45, 2.75) is 26.2 Å². The molecule has 0 aromatic heterocycles. The van der Waals surface area contributed by atoms with E-state index in [0.717, 1.165) is 22.4 Å². The summed E-state index contributed by atoms with van der Waals surface area (Å²) in [6.07, 6.45) is 6.25. The van der Waals surface area contributed by atoms with Crippen molar-refractivity contribution < 1.29 is 9.18 Å². The molecule has 1 aromatic carbocycles. The first-order valence-corrected chi connectivity index (χ1v) is 7.56. The van der Waals surface area contributed by atoms with E-state index >= 15 is 0 Å². The van der Waals surface area contributed by atoms with E-state index < -0.39 is 11.9 Å². The Balaban J connectivity index is 2.33. The second-order valence-electron chi connectivity index (χ2n) is 5.20. The van der Waals surface area contributed by atoms with E-state index in [1.54, 1.807) is 19.1 Å². The highest BCUT2D eigenvalue weighted by Gasteiger charge is 2.17. The second-order valence-corrected chi connectivity index (χ2v) is 5.20. The molecule has 0 fully saturated rings. The van der Waals surface area contributed by atoms with Gasteiger partial charge in [-0.2, -0.15) is 4.39 Å². The second kappa shape index (κ2) is 7.97. The zero-order valence-corrected chi connectivity index (χ0v) is 13.4. The highest BCUT2D eigenvalue weighted by Crippen LogP contribution is 2.29. The third-order valence-electron chi connectivity index (χ3n) is 3.52. The van der Waals surface area contributed by atoms with Crippen molar-refractivity contribution in [3.63, 3.8) is 0 Å². The van der Waals surface area contributed by atoms with Gasteiger partial charge in [-0.05, 0) is 42.0 Å². The van der Waals surface area contributed by atoms with Crippen LogP contribution in [0.2, 0.25) is 0 Å². The zero-order chi connectivity index (χ0) is 17.5. The molecule has 0 aliphatic carbocycles. The minimum absolute atomic E-state index is 0.260. The lowest BCUT2D eigenvalue weighted by atomic mass is 9.95. The first-order chi connectivity index (χ1) is 11.5. The summed E-state index contributed by atoms with van der Waals surface area (Å²) in [4.78, 5) is 15.1. The highest BCUT2D eigenvalue weighted by molar-refractivity contribution is 5.96. The number of allylic oxidation sites excluding steroid dienone is 2. The first kappa shape index (κ1) is 17.3. The van der Waals surface area contributed by atoms with Gasteiger partial charge in [0.05, 0.1) is 0 Å². The summed E-state index contributed by atoms with van der Waals surface area (Å²) < 4.78 is 13.0. The van der Waals surface area contributed by atoms with Gasteiger partial charge in [0.15, 0.2) is 5.97 Å². The number of nitrogens with one attached hydrogen (secondary N) is 1. The van der Waals surface area contributed by atoms with Crippen LogP contribution in [0.3, 0.4) is 0 Å². The summed E-state index contributed by atoms with van der Waals surface area (Å²) in [5.74, 6) is 1.89. The summed E-state index contributed by atoms with van der Waals surface area (Å²) in [6, 6.07) is 6.18. The van der Waals surface area contributed by atoms with Crippen LogP contribution in [0, 0.1) is 12.0 Å². The van der Waals surface area contributed by atoms with Gasteiger partial charge in [-0.3, -0.25) is 4.79 Å². The number of halogens is 1. The number of benzene rings is 1. The van der Waals surface area contributed by atoms with Gasteiger partial charge < -0.3 is 16.8 Å². The van der Waals surface area contributed by atoms with E-state index in [2.05, 4.69) is 22.3 Å². The topological polar surface area (TPSA) is 93.5 Å². The van der Waals surface area contributed by atoms with Gasteiger partial charge in [0.2, 0.25) is 0 Å². The van der Waals surface area contributed by atoms with E-state index in [9.17, 15) is 9.18 Å². The molecular formula is C18H19FN4O. The Morgan fingerprint density at radius 1 is 1.50 bits per heavy atom. The maximum atomic E-state index is 13.0. The van der Waals surface area contributed by atoms with Gasteiger partial charge >= 0.3 is 0 Å². The average Bonchev–Trinajstić information content (AvgIpc) is 2.58. The van der Waals surface area contributed by atoms with Crippen LogP contribution in [0.25, 0.3) is 0 Å². The minimum atomic E-state index is -0.511. The third-order valence-corrected chi connectivity index (χ3v) is 3.52. The molecule has 124 valence electrons. The Kier molecular flexibility index (Phi) is 5.74. The molecule has 2 rings (SSSR count). The van der Waals surface area contributed by atoms with Gasteiger partial charge in [-0.15, -0.1) is 0 Å². The summed E-state index contributed by atoms with van der Waals surface area (Å²) >= 11 is 0. The standard InChI is InChI=1S/C18H19FN4O/c1-2-16(19)22-9-3-4-13-10-12(7-8-20)11-14-5-6-15(18(21)24)23-17(13)14/h3,6,9-11,23H,2,4-5,20H2,1H3,(H2,21,24)/b9-3-,22-16?. The van der Waals surface area contributed by atoms with Crippen molar-refractivity contribution in [1.29, 1.82) is 0 Å². The van der Waals surface area contributed by atoms with Crippen molar-refractivity contribution in [3.05, 3.63) is 52.9 Å². The third kappa shape index (κ3) is 4.23. The Bertz CT molecular complexity index is 797. The monoisotopic (exact) mass is 326 g/mol. The van der Waals surface area contributed by atoms with Crippen LogP contribution in [0.4, 0.5) is 10.1 Å². The molecule has 0 saturated heterocycles. The average molecular weight is 326 g/mol. The van der Waals surface area contributed by atoms with Crippen LogP contribution in [-0.4, -0.2) is 11.9 Å². The van der Waals surface area contributed by atoms with E-state index in [-0.39, 0.29) is 6.42 Å². The van der Waals surface area contributed by atoms with E-state index in [1.165, 1.54) is 6.20 Å². The normalized spacial score (nSPS) is 13.6. The summed E-state index contributed by atoms with van der Waals surface area (Å²) in [6.45, 7) is 1.69. The Labute approximate surface area is 140 Å². The number of nitrogens with zero attached hydrogens (tertiary/aromatic N) is 1. The Hall–Kier alpha value is -3.07. The van der Waals surface area contributed by atoms with E-state index in [0.29, 0.717) is 18.5 Å². The van der Waals surface area contributed by atoms with E-state index in [1.807, 2.05) is 12.1 Å². The van der Waals surface area contributed by atoms with E-state index in [4.69, 9.17) is 11.5 Å². The molecule has 0 unspecified atom stereocenters. The van der Waals surface area contributed by atoms with Gasteiger partial charge in [-0.25, -0.2) is 4.99 Å². The van der Waals surface area contributed by atoms with Crippen LogP contribution < -0.4 is 16.8 Å². The van der Waals surface area contributed by atoms with Crippen LogP contribution in [0.1, 0.15) is 30.0 Å². The van der Waals surface area contributed by atoms with Crippen LogP contribution in [-0.2, 0) is 17.6 Å². The lowest BCUT2D eigenvalue weighted by Crippen LogP contribution is -2.23. The van der Waals surface area contributed by atoms with Crippen LogP contribution in [0.15, 0.2) is 41.2 Å². The molecule has 24 heavy (non-hydrogen) atoms. The maximum Gasteiger partial charge on any atom is 0.264 e. The zero-order valence-electron chi connectivity index (χ0n) is 13.4. The first-order valence-electron chi connectivity index (χ1n) is 7.56. The molecule has 5 nitrogen and oxygen atoms in total. The number of hydrogen-bond acceptors (Lipinski definition) is 4. The molecule has 0 saturated carbocycles. The number of primary amides is 1. The molecule has 1 aromatic rings. The molecular weight excluding hydrogens is 307 g/mol. The van der Waals surface area contributed by atoms with Crippen molar-refractivity contribution >= 4 is 17.6 Å². The maximum absolute atomic E-state index is 13.0. The highest BCUT2D eigenvalue weighted by atomic mass is 19.1. The lowest BCUT2D eigenvalue weighted by Gasteiger charge is -2.21. The predicted octanol–water partition coefficient (Wildman–Crippen LogP) is 2.13. The number of nitrogens with two attached hydrogens (primary N) is 2. The Morgan fingerprint density at radius 2 is 2.29 bits per heavy atom. The number of amides is 1. The smallest absolute Gasteiger partial charge is 0.264 e. The fraction of sp³-hybridized carbons (Fsp3) is 0.222. The molecule has 0 spiro atoms. The van der Waals surface area contributed by atoms with Crippen molar-refractivity contribution in [2.75, 3.05) is 5.32 Å². The largest absolute Gasteiger partial charge is 0.364 e. The molecule has 0 atom stereocenters. The number of rotatable bonds is 5. The van der Waals surface area contributed by atoms with Gasteiger partial charge in [0.25, 0.3) is 5.91 Å². The van der Waals surface area contributed by atoms with Crippen LogP contribution in [0.5, 0.6) is 0 Å². The molecule has 0 radical (unpaired) electrons. The van der Waals surface area contributed by atoms with Crippen molar-refractivity contribution in [1.82, 2.24) is 0 Å². The lowest BCUT2D eigenvalue weighted by molar-refractivity contribution is -0.114. The quantitative estimate of drug-likeness (QED) is 0.439. The SMILES string of the molecule is CCC(F)=N/C=C\Cc1cc(C#CN)cc2c1NC(C(N)=O)=CC2. The summed E-state index contributed by atoms with van der Waals surface area (Å²) in [7, 11) is 0. The number of carbonyl (C=O) groups is 1. The van der Waals surface area contributed by atoms with Gasteiger partial charge in [0.1, 0.15) is 5.70 Å². The molecule has 6 heteroatoms. The molecule has 1 heterocycles. The van der Waals surface area contributed by atoms with Gasteiger partial charge in [0, 0.05) is 29.9 Å². The molecule has 5 N–H and O–H groups in total. The summed E-state index contributed by atoms with van der Waals surface area (Å²) in [5, 5.41) is 3.06. The molecule has 1 aliphatic heterocycles. The fourth-order valence-corrected chi connectivity index (χ4v) is 2.37. The number of aliphatic imine (C=N–C) groups is 1. The number of carbonyl (C=O) groups excluding carboxylic acids is 1. The fourth-order valence-electron chi connectivity index (χ4n) is 2.37. The van der Waals surface area contributed by atoms with Crippen molar-refractivity contribution in [2.24, 2.45) is 16.5 Å². The predicted molar refractivity (Wildman–Crippen MR) is 93.8 cm³/mol. The molecule has 0 bridgehead atoms. The number of hydrogen-bond donors (Lipinski definition) is 3. The molecule has 1 aliphatic rings.